The van der Waals surface area contributed by atoms with Gasteiger partial charge in [-0.05, 0) is 18.6 Å². The molecule has 0 atom stereocenters. The van der Waals surface area contributed by atoms with Crippen LogP contribution in [0.25, 0.3) is 0 Å². The Morgan fingerprint density at radius 1 is 1.25 bits per heavy atom. The molecule has 3 nitrogen and oxygen atoms in total. The van der Waals surface area contributed by atoms with Gasteiger partial charge in [0.05, 0.1) is 0 Å². The van der Waals surface area contributed by atoms with E-state index in [2.05, 4.69) is 0 Å². The zero-order valence-electron chi connectivity index (χ0n) is 8.93. The summed E-state index contributed by atoms with van der Waals surface area (Å²) < 4.78 is 0. The highest BCUT2D eigenvalue weighted by atomic mass is 16.2. The van der Waals surface area contributed by atoms with E-state index in [0.717, 1.165) is 12.7 Å². The van der Waals surface area contributed by atoms with Gasteiger partial charge in [-0.25, -0.2) is 0 Å². The van der Waals surface area contributed by atoms with Gasteiger partial charge in [-0.2, -0.15) is 0 Å². The van der Waals surface area contributed by atoms with Crippen molar-refractivity contribution in [3.05, 3.63) is 47.5 Å². The Morgan fingerprint density at radius 3 is 2.69 bits per heavy atom. The molecule has 0 radical (unpaired) electrons. The van der Waals surface area contributed by atoms with Gasteiger partial charge in [0.25, 0.3) is 5.91 Å². The van der Waals surface area contributed by atoms with E-state index >= 15 is 0 Å². The van der Waals surface area contributed by atoms with Crippen molar-refractivity contribution in [2.45, 2.75) is 6.42 Å². The van der Waals surface area contributed by atoms with E-state index in [-0.39, 0.29) is 5.91 Å². The highest BCUT2D eigenvalue weighted by Crippen LogP contribution is 2.12. The third-order valence-corrected chi connectivity index (χ3v) is 2.64. The molecule has 0 saturated heterocycles. The predicted octanol–water partition coefficient (Wildman–Crippen LogP) is 1.66. The number of benzene rings is 1. The van der Waals surface area contributed by atoms with Crippen molar-refractivity contribution < 1.29 is 9.59 Å². The van der Waals surface area contributed by atoms with E-state index < -0.39 is 0 Å². The van der Waals surface area contributed by atoms with Gasteiger partial charge in [0, 0.05) is 24.2 Å². The SMILES string of the molecule is O=CC1=CCCN(C(=O)c2ccccc2)C1. The third-order valence-electron chi connectivity index (χ3n) is 2.64. The summed E-state index contributed by atoms with van der Waals surface area (Å²) in [5, 5.41) is 0. The van der Waals surface area contributed by atoms with E-state index in [0.29, 0.717) is 24.2 Å². The van der Waals surface area contributed by atoms with Crippen LogP contribution in [0.4, 0.5) is 0 Å². The number of rotatable bonds is 2. The summed E-state index contributed by atoms with van der Waals surface area (Å²) in [4.78, 5) is 24.4. The molecule has 1 aromatic carbocycles. The number of hydrogen-bond acceptors (Lipinski definition) is 2. The average molecular weight is 215 g/mol. The van der Waals surface area contributed by atoms with Crippen LogP contribution in [-0.2, 0) is 4.79 Å². The number of nitrogens with zero attached hydrogens (tertiary/aromatic N) is 1. The minimum absolute atomic E-state index is 0.00644. The first-order valence-electron chi connectivity index (χ1n) is 5.30. The first-order valence-corrected chi connectivity index (χ1v) is 5.30. The predicted molar refractivity (Wildman–Crippen MR) is 61.1 cm³/mol. The maximum Gasteiger partial charge on any atom is 0.254 e. The fourth-order valence-corrected chi connectivity index (χ4v) is 1.79. The second-order valence-electron chi connectivity index (χ2n) is 3.78. The number of amides is 1. The van der Waals surface area contributed by atoms with E-state index in [4.69, 9.17) is 0 Å². The van der Waals surface area contributed by atoms with Crippen LogP contribution >= 0.6 is 0 Å². The van der Waals surface area contributed by atoms with Crippen LogP contribution in [0.5, 0.6) is 0 Å². The van der Waals surface area contributed by atoms with Crippen molar-refractivity contribution in [2.24, 2.45) is 0 Å². The number of carbonyl (C=O) groups excluding carboxylic acids is 2. The van der Waals surface area contributed by atoms with Gasteiger partial charge in [0.2, 0.25) is 0 Å². The molecular formula is C13H13NO2. The lowest BCUT2D eigenvalue weighted by Crippen LogP contribution is -2.36. The fraction of sp³-hybridized carbons (Fsp3) is 0.231. The van der Waals surface area contributed by atoms with Crippen molar-refractivity contribution in [3.63, 3.8) is 0 Å². The standard InChI is InChI=1S/C13H13NO2/c15-10-11-5-4-8-14(9-11)13(16)12-6-2-1-3-7-12/h1-3,5-7,10H,4,8-9H2. The molecule has 1 aliphatic heterocycles. The van der Waals surface area contributed by atoms with Gasteiger partial charge < -0.3 is 4.90 Å². The Bertz CT molecular complexity index is 423. The fourth-order valence-electron chi connectivity index (χ4n) is 1.79. The van der Waals surface area contributed by atoms with Crippen LogP contribution in [0.3, 0.4) is 0 Å². The molecule has 0 fully saturated rings. The highest BCUT2D eigenvalue weighted by Gasteiger charge is 2.18. The first-order chi connectivity index (χ1) is 7.81. The smallest absolute Gasteiger partial charge is 0.254 e. The number of hydrogen-bond donors (Lipinski definition) is 0. The van der Waals surface area contributed by atoms with Crippen molar-refractivity contribution in [3.8, 4) is 0 Å². The van der Waals surface area contributed by atoms with Gasteiger partial charge >= 0.3 is 0 Å². The van der Waals surface area contributed by atoms with Gasteiger partial charge in [-0.3, -0.25) is 9.59 Å². The van der Waals surface area contributed by atoms with Crippen molar-refractivity contribution in [2.75, 3.05) is 13.1 Å². The van der Waals surface area contributed by atoms with Gasteiger partial charge in [0.15, 0.2) is 0 Å². The molecule has 3 heteroatoms. The molecule has 0 spiro atoms. The molecule has 0 aliphatic carbocycles. The molecule has 1 heterocycles. The minimum Gasteiger partial charge on any atom is -0.334 e. The van der Waals surface area contributed by atoms with Crippen LogP contribution in [-0.4, -0.2) is 30.2 Å². The summed E-state index contributed by atoms with van der Waals surface area (Å²) in [6, 6.07) is 9.15. The zero-order valence-corrected chi connectivity index (χ0v) is 8.93. The molecule has 1 aliphatic rings. The largest absolute Gasteiger partial charge is 0.334 e. The Labute approximate surface area is 94.4 Å². The lowest BCUT2D eigenvalue weighted by atomic mass is 10.1. The lowest BCUT2D eigenvalue weighted by molar-refractivity contribution is -0.105. The lowest BCUT2D eigenvalue weighted by Gasteiger charge is -2.25. The molecule has 0 N–H and O–H groups in total. The van der Waals surface area contributed by atoms with E-state index in [1.165, 1.54) is 0 Å². The molecule has 82 valence electrons. The molecule has 1 aromatic rings. The summed E-state index contributed by atoms with van der Waals surface area (Å²) >= 11 is 0. The molecule has 0 aromatic heterocycles. The van der Waals surface area contributed by atoms with Gasteiger partial charge in [0.1, 0.15) is 6.29 Å². The summed E-state index contributed by atoms with van der Waals surface area (Å²) in [7, 11) is 0. The Balaban J connectivity index is 2.12. The van der Waals surface area contributed by atoms with Crippen LogP contribution in [0, 0.1) is 0 Å². The maximum atomic E-state index is 12.0. The monoisotopic (exact) mass is 215 g/mol. The number of carbonyl (C=O) groups is 2. The van der Waals surface area contributed by atoms with Crippen LogP contribution in [0.15, 0.2) is 42.0 Å². The Morgan fingerprint density at radius 2 is 2.00 bits per heavy atom. The van der Waals surface area contributed by atoms with Gasteiger partial charge in [-0.1, -0.05) is 24.3 Å². The van der Waals surface area contributed by atoms with Crippen LogP contribution in [0.2, 0.25) is 0 Å². The third kappa shape index (κ3) is 2.19. The van der Waals surface area contributed by atoms with Gasteiger partial charge in [-0.15, -0.1) is 0 Å². The van der Waals surface area contributed by atoms with E-state index in [1.54, 1.807) is 17.0 Å². The zero-order chi connectivity index (χ0) is 11.4. The topological polar surface area (TPSA) is 37.4 Å². The summed E-state index contributed by atoms with van der Waals surface area (Å²) in [6.45, 7) is 1.11. The average Bonchev–Trinajstić information content (AvgIpc) is 2.39. The Hall–Kier alpha value is -1.90. The molecule has 2 rings (SSSR count). The second kappa shape index (κ2) is 4.75. The quantitative estimate of drug-likeness (QED) is 0.703. The molecule has 1 amide bonds. The molecule has 0 bridgehead atoms. The Kier molecular flexibility index (Phi) is 3.15. The number of aldehydes is 1. The first kappa shape index (κ1) is 10.6. The minimum atomic E-state index is -0.00644. The van der Waals surface area contributed by atoms with E-state index in [1.807, 2.05) is 24.3 Å². The van der Waals surface area contributed by atoms with Crippen molar-refractivity contribution >= 4 is 12.2 Å². The summed E-state index contributed by atoms with van der Waals surface area (Å²) in [6.07, 6.45) is 3.47. The molecule has 0 saturated carbocycles. The van der Waals surface area contributed by atoms with Crippen molar-refractivity contribution in [1.82, 2.24) is 4.90 Å². The van der Waals surface area contributed by atoms with Crippen molar-refractivity contribution in [1.29, 1.82) is 0 Å². The molecule has 16 heavy (non-hydrogen) atoms. The van der Waals surface area contributed by atoms with E-state index in [9.17, 15) is 9.59 Å². The molecule has 0 unspecified atom stereocenters. The van der Waals surface area contributed by atoms with Crippen LogP contribution in [0.1, 0.15) is 16.8 Å². The highest BCUT2D eigenvalue weighted by molar-refractivity contribution is 5.95. The normalized spacial score (nSPS) is 15.5. The maximum absolute atomic E-state index is 12.0. The van der Waals surface area contributed by atoms with Crippen LogP contribution < -0.4 is 0 Å². The summed E-state index contributed by atoms with van der Waals surface area (Å²) in [5.41, 5.74) is 1.37. The second-order valence-corrected chi connectivity index (χ2v) is 3.78. The summed E-state index contributed by atoms with van der Waals surface area (Å²) in [5.74, 6) is -0.00644. The molecular weight excluding hydrogens is 202 g/mol.